The maximum Gasteiger partial charge on any atom is 0.270 e. The van der Waals surface area contributed by atoms with E-state index >= 15 is 0 Å². The predicted molar refractivity (Wildman–Crippen MR) is 69.0 cm³/mol. The molecule has 0 fully saturated rings. The van der Waals surface area contributed by atoms with Gasteiger partial charge in [0.05, 0.1) is 10.4 Å². The van der Waals surface area contributed by atoms with Gasteiger partial charge in [0.1, 0.15) is 4.67 Å². The van der Waals surface area contributed by atoms with Crippen LogP contribution in [0.25, 0.3) is 10.9 Å². The summed E-state index contributed by atoms with van der Waals surface area (Å²) in [6.45, 7) is 2.65. The van der Waals surface area contributed by atoms with Crippen LogP contribution in [0.15, 0.2) is 23.2 Å². The van der Waals surface area contributed by atoms with Crippen LogP contribution in [0.3, 0.4) is 0 Å². The van der Waals surface area contributed by atoms with Crippen LogP contribution in [0, 0.1) is 10.1 Å². The van der Waals surface area contributed by atoms with Crippen molar-refractivity contribution in [3.63, 3.8) is 0 Å². The summed E-state index contributed by atoms with van der Waals surface area (Å²) in [5.74, 6) is -0.667. The molecule has 1 heterocycles. The molecule has 0 spiro atoms. The van der Waals surface area contributed by atoms with Crippen LogP contribution in [0.2, 0.25) is 0 Å². The number of nitrogens with zero attached hydrogens (tertiary/aromatic N) is 3. The van der Waals surface area contributed by atoms with Gasteiger partial charge in [0.2, 0.25) is 11.8 Å². The van der Waals surface area contributed by atoms with Gasteiger partial charge in [-0.15, -0.1) is 0 Å². The molecule has 2 aromatic rings. The van der Waals surface area contributed by atoms with Gasteiger partial charge in [0.25, 0.3) is 5.69 Å². The van der Waals surface area contributed by atoms with Crippen molar-refractivity contribution in [2.75, 3.05) is 0 Å². The molecule has 98 valence electrons. The Morgan fingerprint density at radius 3 is 2.58 bits per heavy atom. The van der Waals surface area contributed by atoms with E-state index in [9.17, 15) is 19.7 Å². The van der Waals surface area contributed by atoms with Crippen molar-refractivity contribution in [1.82, 2.24) is 3.96 Å². The zero-order valence-corrected chi connectivity index (χ0v) is 10.9. The fourth-order valence-electron chi connectivity index (χ4n) is 1.63. The van der Waals surface area contributed by atoms with Crippen molar-refractivity contribution in [2.45, 2.75) is 13.8 Å². The monoisotopic (exact) mass is 279 g/mol. The van der Waals surface area contributed by atoms with E-state index in [1.807, 2.05) is 0 Å². The molecule has 0 unspecified atom stereocenters. The third kappa shape index (κ3) is 2.43. The summed E-state index contributed by atoms with van der Waals surface area (Å²) in [4.78, 5) is 36.6. The average molecular weight is 279 g/mol. The Balaban J connectivity index is 2.88. The molecular formula is C11H9N3O4S. The van der Waals surface area contributed by atoms with E-state index in [1.54, 1.807) is 0 Å². The van der Waals surface area contributed by atoms with E-state index < -0.39 is 10.8 Å². The number of nitro groups is 1. The highest BCUT2D eigenvalue weighted by atomic mass is 32.1. The number of rotatable bonds is 1. The van der Waals surface area contributed by atoms with Crippen molar-refractivity contribution in [3.05, 3.63) is 33.0 Å². The van der Waals surface area contributed by atoms with Crippen molar-refractivity contribution < 1.29 is 14.5 Å². The Kier molecular flexibility index (Phi) is 3.26. The Labute approximate surface area is 111 Å². The number of fused-ring (bicyclic) bond motifs is 1. The fraction of sp³-hybridized carbons (Fsp3) is 0.182. The summed E-state index contributed by atoms with van der Waals surface area (Å²) in [6.07, 6.45) is 0. The van der Waals surface area contributed by atoms with Gasteiger partial charge in [0, 0.05) is 31.4 Å². The molecule has 2 rings (SSSR count). The lowest BCUT2D eigenvalue weighted by Crippen LogP contribution is -2.01. The number of hydrogen-bond donors (Lipinski definition) is 0. The first-order valence-electron chi connectivity index (χ1n) is 5.27. The maximum absolute atomic E-state index is 11.5. The first-order valence-corrected chi connectivity index (χ1v) is 6.04. The Morgan fingerprint density at radius 2 is 2.05 bits per heavy atom. The van der Waals surface area contributed by atoms with Crippen molar-refractivity contribution >= 4 is 39.9 Å². The molecule has 19 heavy (non-hydrogen) atoms. The normalized spacial score (nSPS) is 11.8. The largest absolute Gasteiger partial charge is 0.274 e. The van der Waals surface area contributed by atoms with E-state index in [0.717, 1.165) is 11.5 Å². The van der Waals surface area contributed by atoms with Crippen LogP contribution in [0.4, 0.5) is 5.69 Å². The quantitative estimate of drug-likeness (QED) is 0.586. The predicted octanol–water partition coefficient (Wildman–Crippen LogP) is 1.72. The highest BCUT2D eigenvalue weighted by Gasteiger charge is 2.14. The first-order chi connectivity index (χ1) is 8.90. The maximum atomic E-state index is 11.5. The molecule has 0 saturated heterocycles. The van der Waals surface area contributed by atoms with E-state index in [0.29, 0.717) is 15.6 Å². The molecule has 0 aliphatic heterocycles. The van der Waals surface area contributed by atoms with Crippen LogP contribution in [-0.2, 0) is 4.79 Å². The second kappa shape index (κ2) is 4.73. The second-order valence-corrected chi connectivity index (χ2v) is 4.73. The van der Waals surface area contributed by atoms with E-state index in [-0.39, 0.29) is 11.6 Å². The fourth-order valence-corrected chi connectivity index (χ4v) is 2.62. The number of nitro benzene ring substituents is 1. The minimum Gasteiger partial charge on any atom is -0.274 e. The number of amides is 1. The Bertz CT molecular complexity index is 772. The minimum absolute atomic E-state index is 0.110. The van der Waals surface area contributed by atoms with Gasteiger partial charge in [-0.25, -0.2) is 8.95 Å². The molecule has 1 amide bonds. The SMILES string of the molecule is CC(=O)N=c1sn(C(C)=O)c2ccc([N+](=O)[O-])cc12. The zero-order valence-electron chi connectivity index (χ0n) is 10.1. The Morgan fingerprint density at radius 1 is 1.37 bits per heavy atom. The van der Waals surface area contributed by atoms with E-state index in [2.05, 4.69) is 4.99 Å². The minimum atomic E-state index is -0.535. The number of aromatic nitrogens is 1. The van der Waals surface area contributed by atoms with Crippen molar-refractivity contribution in [1.29, 1.82) is 0 Å². The van der Waals surface area contributed by atoms with E-state index in [1.165, 1.54) is 36.0 Å². The zero-order chi connectivity index (χ0) is 14.2. The van der Waals surface area contributed by atoms with Gasteiger partial charge in [-0.3, -0.25) is 19.7 Å². The number of carbonyl (C=O) groups is 2. The van der Waals surface area contributed by atoms with Gasteiger partial charge in [0.15, 0.2) is 0 Å². The molecule has 8 heteroatoms. The molecule has 0 aliphatic rings. The van der Waals surface area contributed by atoms with Crippen molar-refractivity contribution in [3.8, 4) is 0 Å². The highest BCUT2D eigenvalue weighted by molar-refractivity contribution is 7.06. The van der Waals surface area contributed by atoms with Crippen LogP contribution in [0.5, 0.6) is 0 Å². The molecular weight excluding hydrogens is 270 g/mol. The van der Waals surface area contributed by atoms with Crippen LogP contribution in [-0.4, -0.2) is 20.7 Å². The molecule has 0 aliphatic carbocycles. The number of benzene rings is 1. The summed E-state index contributed by atoms with van der Waals surface area (Å²) in [7, 11) is 0. The molecule has 1 aromatic carbocycles. The lowest BCUT2D eigenvalue weighted by molar-refractivity contribution is -0.384. The van der Waals surface area contributed by atoms with Gasteiger partial charge >= 0.3 is 0 Å². The third-order valence-corrected chi connectivity index (χ3v) is 3.48. The standard InChI is InChI=1S/C11H9N3O4S/c1-6(15)12-11-9-5-8(14(17)18)3-4-10(9)13(19-11)7(2)16/h3-5H,1-2H3. The van der Waals surface area contributed by atoms with Gasteiger partial charge in [-0.2, -0.15) is 0 Å². The highest BCUT2D eigenvalue weighted by Crippen LogP contribution is 2.20. The topological polar surface area (TPSA) is 94.6 Å². The van der Waals surface area contributed by atoms with Crippen LogP contribution >= 0.6 is 11.5 Å². The van der Waals surface area contributed by atoms with Gasteiger partial charge < -0.3 is 0 Å². The first kappa shape index (κ1) is 13.1. The van der Waals surface area contributed by atoms with Gasteiger partial charge in [-0.05, 0) is 17.6 Å². The molecule has 0 saturated carbocycles. The smallest absolute Gasteiger partial charge is 0.270 e. The van der Waals surface area contributed by atoms with E-state index in [4.69, 9.17) is 0 Å². The average Bonchev–Trinajstić information content (AvgIpc) is 2.67. The summed E-state index contributed by atoms with van der Waals surface area (Å²) >= 11 is 0.987. The van der Waals surface area contributed by atoms with Crippen LogP contribution < -0.4 is 4.67 Å². The number of non-ortho nitro benzene ring substituents is 1. The van der Waals surface area contributed by atoms with Crippen LogP contribution in [0.1, 0.15) is 18.6 Å². The number of carbonyl (C=O) groups excluding carboxylic acids is 2. The molecule has 1 aromatic heterocycles. The molecule has 0 N–H and O–H groups in total. The number of hydrogen-bond acceptors (Lipinski definition) is 5. The molecule has 0 atom stereocenters. The summed E-state index contributed by atoms with van der Waals surface area (Å²) in [5, 5.41) is 11.2. The summed E-state index contributed by atoms with van der Waals surface area (Å²) in [5.41, 5.74) is 0.393. The second-order valence-electron chi connectivity index (χ2n) is 3.80. The Hall–Kier alpha value is -2.35. The molecule has 0 bridgehead atoms. The lowest BCUT2D eigenvalue weighted by atomic mass is 10.2. The van der Waals surface area contributed by atoms with Gasteiger partial charge in [-0.1, -0.05) is 0 Å². The summed E-state index contributed by atoms with van der Waals surface area (Å²) < 4.78 is 1.64. The summed E-state index contributed by atoms with van der Waals surface area (Å²) in [6, 6.07) is 4.10. The lowest BCUT2D eigenvalue weighted by Gasteiger charge is -1.96. The van der Waals surface area contributed by atoms with Crippen molar-refractivity contribution in [2.24, 2.45) is 4.99 Å². The third-order valence-electron chi connectivity index (χ3n) is 2.36. The molecule has 0 radical (unpaired) electrons. The molecule has 7 nitrogen and oxygen atoms in total.